The molecule has 0 aliphatic carbocycles. The summed E-state index contributed by atoms with van der Waals surface area (Å²) in [4.78, 5) is 9.34. The molecule has 2 heterocycles. The van der Waals surface area contributed by atoms with E-state index >= 15 is 0 Å². The molecule has 64 valence electrons. The Balaban J connectivity index is 2.15. The van der Waals surface area contributed by atoms with Crippen LogP contribution in [0.5, 0.6) is 0 Å². The first-order chi connectivity index (χ1) is 6.45. The van der Waals surface area contributed by atoms with Gasteiger partial charge in [-0.15, -0.1) is 11.3 Å². The molecule has 0 aromatic carbocycles. The maximum atomic E-state index is 4.13. The summed E-state index contributed by atoms with van der Waals surface area (Å²) in [6.07, 6.45) is 9.09. The molecule has 0 atom stereocenters. The topological polar surface area (TPSA) is 25.8 Å². The SMILES string of the molecule is C(=C\c1cccs1)/c1cnccn1. The highest BCUT2D eigenvalue weighted by Gasteiger charge is 1.87. The Kier molecular flexibility index (Phi) is 2.48. The van der Waals surface area contributed by atoms with E-state index in [0.717, 1.165) is 5.69 Å². The van der Waals surface area contributed by atoms with Gasteiger partial charge >= 0.3 is 0 Å². The second kappa shape index (κ2) is 3.96. The van der Waals surface area contributed by atoms with Gasteiger partial charge in [-0.25, -0.2) is 0 Å². The van der Waals surface area contributed by atoms with Crippen LogP contribution in [0.3, 0.4) is 0 Å². The van der Waals surface area contributed by atoms with Gasteiger partial charge in [0.05, 0.1) is 11.9 Å². The molecule has 0 bridgehead atoms. The molecule has 2 rings (SSSR count). The lowest BCUT2D eigenvalue weighted by atomic mass is 10.3. The van der Waals surface area contributed by atoms with Crippen molar-refractivity contribution in [2.24, 2.45) is 0 Å². The minimum Gasteiger partial charge on any atom is -0.261 e. The molecular weight excluding hydrogens is 180 g/mol. The maximum Gasteiger partial charge on any atom is 0.0813 e. The largest absolute Gasteiger partial charge is 0.261 e. The van der Waals surface area contributed by atoms with Crippen LogP contribution in [0.4, 0.5) is 0 Å². The first-order valence-corrected chi connectivity index (χ1v) is 4.81. The van der Waals surface area contributed by atoms with Crippen molar-refractivity contribution in [2.45, 2.75) is 0 Å². The molecule has 0 radical (unpaired) electrons. The Morgan fingerprint density at radius 3 is 2.92 bits per heavy atom. The van der Waals surface area contributed by atoms with E-state index in [-0.39, 0.29) is 0 Å². The van der Waals surface area contributed by atoms with Crippen LogP contribution >= 0.6 is 11.3 Å². The van der Waals surface area contributed by atoms with E-state index < -0.39 is 0 Å². The van der Waals surface area contributed by atoms with Gasteiger partial charge in [-0.3, -0.25) is 9.97 Å². The van der Waals surface area contributed by atoms with E-state index in [1.807, 2.05) is 18.2 Å². The van der Waals surface area contributed by atoms with Crippen molar-refractivity contribution in [1.82, 2.24) is 9.97 Å². The molecule has 0 N–H and O–H groups in total. The second-order valence-electron chi connectivity index (χ2n) is 2.48. The first kappa shape index (κ1) is 8.13. The molecular formula is C10H8N2S. The average molecular weight is 188 g/mol. The summed E-state index contributed by atoms with van der Waals surface area (Å²) in [7, 11) is 0. The average Bonchev–Trinajstić information content (AvgIpc) is 2.69. The monoisotopic (exact) mass is 188 g/mol. The number of aromatic nitrogens is 2. The zero-order valence-electron chi connectivity index (χ0n) is 6.92. The molecule has 2 aromatic heterocycles. The van der Waals surface area contributed by atoms with Crippen molar-refractivity contribution in [3.63, 3.8) is 0 Å². The lowest BCUT2D eigenvalue weighted by Gasteiger charge is -1.88. The summed E-state index contributed by atoms with van der Waals surface area (Å²) >= 11 is 1.71. The quantitative estimate of drug-likeness (QED) is 0.724. The van der Waals surface area contributed by atoms with Gasteiger partial charge in [-0.1, -0.05) is 6.07 Å². The normalized spacial score (nSPS) is 10.8. The molecule has 0 saturated carbocycles. The molecule has 0 aliphatic heterocycles. The van der Waals surface area contributed by atoms with Crippen LogP contribution in [0.25, 0.3) is 12.2 Å². The standard InChI is InChI=1S/C10H8N2S/c1-2-10(13-7-1)4-3-9-8-11-5-6-12-9/h1-8H/b4-3+. The Labute approximate surface area is 80.6 Å². The third kappa shape index (κ3) is 2.23. The van der Waals surface area contributed by atoms with Gasteiger partial charge in [0.25, 0.3) is 0 Å². The minimum absolute atomic E-state index is 0.885. The summed E-state index contributed by atoms with van der Waals surface area (Å²) in [5.74, 6) is 0. The molecule has 0 fully saturated rings. The summed E-state index contributed by atoms with van der Waals surface area (Å²) in [5, 5.41) is 2.05. The van der Waals surface area contributed by atoms with E-state index in [4.69, 9.17) is 0 Å². The Bertz CT molecular complexity index is 379. The Hall–Kier alpha value is -1.48. The number of nitrogens with zero attached hydrogens (tertiary/aromatic N) is 2. The lowest BCUT2D eigenvalue weighted by molar-refractivity contribution is 1.18. The fourth-order valence-electron chi connectivity index (χ4n) is 0.950. The molecule has 0 unspecified atom stereocenters. The van der Waals surface area contributed by atoms with Gasteiger partial charge in [0.15, 0.2) is 0 Å². The van der Waals surface area contributed by atoms with Crippen molar-refractivity contribution >= 4 is 23.5 Å². The van der Waals surface area contributed by atoms with Crippen molar-refractivity contribution < 1.29 is 0 Å². The van der Waals surface area contributed by atoms with Crippen LogP contribution in [0, 0.1) is 0 Å². The Morgan fingerprint density at radius 1 is 1.23 bits per heavy atom. The van der Waals surface area contributed by atoms with Crippen LogP contribution in [0.15, 0.2) is 36.1 Å². The molecule has 2 aromatic rings. The molecule has 0 aliphatic rings. The van der Waals surface area contributed by atoms with E-state index in [1.165, 1.54) is 4.88 Å². The molecule has 2 nitrogen and oxygen atoms in total. The van der Waals surface area contributed by atoms with Crippen LogP contribution in [0.1, 0.15) is 10.6 Å². The lowest BCUT2D eigenvalue weighted by Crippen LogP contribution is -1.79. The zero-order valence-corrected chi connectivity index (χ0v) is 7.74. The fraction of sp³-hybridized carbons (Fsp3) is 0. The van der Waals surface area contributed by atoms with E-state index in [0.29, 0.717) is 0 Å². The highest BCUT2D eigenvalue weighted by molar-refractivity contribution is 7.10. The molecule has 0 saturated heterocycles. The predicted octanol–water partition coefficient (Wildman–Crippen LogP) is 2.71. The molecule has 3 heteroatoms. The van der Waals surface area contributed by atoms with Crippen LogP contribution in [0.2, 0.25) is 0 Å². The third-order valence-corrected chi connectivity index (χ3v) is 2.38. The van der Waals surface area contributed by atoms with Crippen LogP contribution in [-0.4, -0.2) is 9.97 Å². The van der Waals surface area contributed by atoms with E-state index in [2.05, 4.69) is 21.4 Å². The van der Waals surface area contributed by atoms with Gasteiger partial charge < -0.3 is 0 Å². The van der Waals surface area contributed by atoms with Crippen molar-refractivity contribution in [2.75, 3.05) is 0 Å². The number of hydrogen-bond acceptors (Lipinski definition) is 3. The van der Waals surface area contributed by atoms with Crippen molar-refractivity contribution in [3.8, 4) is 0 Å². The summed E-state index contributed by atoms with van der Waals surface area (Å²) in [6.45, 7) is 0. The first-order valence-electron chi connectivity index (χ1n) is 3.93. The van der Waals surface area contributed by atoms with Gasteiger partial charge in [-0.2, -0.15) is 0 Å². The summed E-state index contributed by atoms with van der Waals surface area (Å²) < 4.78 is 0. The second-order valence-corrected chi connectivity index (χ2v) is 3.46. The summed E-state index contributed by atoms with van der Waals surface area (Å²) in [6, 6.07) is 4.10. The van der Waals surface area contributed by atoms with Gasteiger partial charge in [0.1, 0.15) is 0 Å². The van der Waals surface area contributed by atoms with Crippen LogP contribution in [-0.2, 0) is 0 Å². The Morgan fingerprint density at radius 2 is 2.23 bits per heavy atom. The van der Waals surface area contributed by atoms with Crippen molar-refractivity contribution in [1.29, 1.82) is 0 Å². The fourth-order valence-corrected chi connectivity index (χ4v) is 1.57. The van der Waals surface area contributed by atoms with Gasteiger partial charge in [-0.05, 0) is 23.6 Å². The molecule has 13 heavy (non-hydrogen) atoms. The number of rotatable bonds is 2. The minimum atomic E-state index is 0.885. The molecule has 0 spiro atoms. The highest BCUT2D eigenvalue weighted by atomic mass is 32.1. The maximum absolute atomic E-state index is 4.13. The third-order valence-electron chi connectivity index (χ3n) is 1.54. The number of thiophene rings is 1. The number of hydrogen-bond donors (Lipinski definition) is 0. The van der Waals surface area contributed by atoms with Gasteiger partial charge in [0.2, 0.25) is 0 Å². The zero-order chi connectivity index (χ0) is 8.93. The van der Waals surface area contributed by atoms with Crippen LogP contribution < -0.4 is 0 Å². The smallest absolute Gasteiger partial charge is 0.0813 e. The van der Waals surface area contributed by atoms with E-state index in [9.17, 15) is 0 Å². The van der Waals surface area contributed by atoms with Crippen molar-refractivity contribution in [3.05, 3.63) is 46.7 Å². The molecule has 0 amide bonds. The predicted molar refractivity (Wildman–Crippen MR) is 55.3 cm³/mol. The van der Waals surface area contributed by atoms with E-state index in [1.54, 1.807) is 29.9 Å². The highest BCUT2D eigenvalue weighted by Crippen LogP contribution is 2.11. The van der Waals surface area contributed by atoms with Gasteiger partial charge in [0, 0.05) is 17.3 Å². The summed E-state index contributed by atoms with van der Waals surface area (Å²) in [5.41, 5.74) is 0.885.